The standard InChI is InChI=1S/C20H23NO4/c1-2-25-17-10-8-16(9-11-17)19(22)12-13-21-18(20(23)24)14-15-6-4-3-5-7-15/h3-11,18,21H,2,12-14H2,1H3,(H,23,24)/t18-/m0/s1. The molecule has 2 aromatic rings. The Bertz CT molecular complexity index is 683. The molecule has 0 unspecified atom stereocenters. The Labute approximate surface area is 147 Å². The zero-order valence-electron chi connectivity index (χ0n) is 14.3. The molecule has 0 aromatic heterocycles. The molecular formula is C20H23NO4. The second-order valence-corrected chi connectivity index (χ2v) is 5.77. The molecule has 25 heavy (non-hydrogen) atoms. The third-order valence-corrected chi connectivity index (χ3v) is 3.91. The average molecular weight is 341 g/mol. The molecule has 0 spiro atoms. The number of Topliss-reactive ketones (excluding diaryl/α,β-unsaturated/α-hetero) is 1. The maximum absolute atomic E-state index is 12.2. The van der Waals surface area contributed by atoms with Crippen LogP contribution in [0.2, 0.25) is 0 Å². The van der Waals surface area contributed by atoms with E-state index in [1.54, 1.807) is 29.6 Å². The second-order valence-electron chi connectivity index (χ2n) is 5.77. The lowest BCUT2D eigenvalue weighted by atomic mass is 10.1. The lowest BCUT2D eigenvalue weighted by Crippen LogP contribution is -2.93. The minimum absolute atomic E-state index is 0.0175. The minimum Gasteiger partial charge on any atom is -0.544 e. The molecule has 2 aromatic carbocycles. The van der Waals surface area contributed by atoms with Crippen molar-refractivity contribution in [1.82, 2.24) is 0 Å². The number of benzene rings is 2. The van der Waals surface area contributed by atoms with Crippen LogP contribution < -0.4 is 15.2 Å². The number of quaternary nitrogens is 1. The third-order valence-electron chi connectivity index (χ3n) is 3.91. The van der Waals surface area contributed by atoms with E-state index in [0.29, 0.717) is 25.1 Å². The van der Waals surface area contributed by atoms with Gasteiger partial charge in [-0.15, -0.1) is 0 Å². The molecule has 5 nitrogen and oxygen atoms in total. The molecule has 2 rings (SSSR count). The van der Waals surface area contributed by atoms with E-state index in [0.717, 1.165) is 11.3 Å². The predicted octanol–water partition coefficient (Wildman–Crippen LogP) is 0.583. The molecule has 0 aliphatic carbocycles. The van der Waals surface area contributed by atoms with Crippen molar-refractivity contribution >= 4 is 11.8 Å². The molecule has 2 N–H and O–H groups in total. The molecular weight excluding hydrogens is 318 g/mol. The van der Waals surface area contributed by atoms with Crippen molar-refractivity contribution in [3.05, 3.63) is 65.7 Å². The largest absolute Gasteiger partial charge is 0.544 e. The van der Waals surface area contributed by atoms with Crippen LogP contribution in [0.3, 0.4) is 0 Å². The van der Waals surface area contributed by atoms with Crippen molar-refractivity contribution in [2.24, 2.45) is 0 Å². The van der Waals surface area contributed by atoms with Gasteiger partial charge in [0.1, 0.15) is 11.8 Å². The number of nitrogens with two attached hydrogens (primary N) is 1. The number of carboxylic acids is 1. The van der Waals surface area contributed by atoms with E-state index >= 15 is 0 Å². The Morgan fingerprint density at radius 3 is 2.36 bits per heavy atom. The Morgan fingerprint density at radius 2 is 1.76 bits per heavy atom. The quantitative estimate of drug-likeness (QED) is 0.641. The van der Waals surface area contributed by atoms with Gasteiger partial charge in [0, 0.05) is 12.0 Å². The normalized spacial score (nSPS) is 11.7. The molecule has 0 aliphatic rings. The van der Waals surface area contributed by atoms with Crippen LogP contribution in [-0.2, 0) is 11.2 Å². The maximum atomic E-state index is 12.2. The summed E-state index contributed by atoms with van der Waals surface area (Å²) in [5.74, 6) is -0.404. The van der Waals surface area contributed by atoms with E-state index in [2.05, 4.69) is 0 Å². The number of carbonyl (C=O) groups excluding carboxylic acids is 2. The van der Waals surface area contributed by atoms with E-state index in [1.807, 2.05) is 37.3 Å². The van der Waals surface area contributed by atoms with Crippen LogP contribution in [0.5, 0.6) is 5.75 Å². The third kappa shape index (κ3) is 6.04. The summed E-state index contributed by atoms with van der Waals surface area (Å²) in [5, 5.41) is 13.0. The van der Waals surface area contributed by atoms with E-state index in [1.165, 1.54) is 0 Å². The van der Waals surface area contributed by atoms with Crippen LogP contribution in [0.4, 0.5) is 0 Å². The summed E-state index contributed by atoms with van der Waals surface area (Å²) in [6.45, 7) is 2.88. The maximum Gasteiger partial charge on any atom is 0.168 e. The molecule has 0 bridgehead atoms. The van der Waals surface area contributed by atoms with Crippen molar-refractivity contribution < 1.29 is 24.7 Å². The van der Waals surface area contributed by atoms with Crippen LogP contribution in [0, 0.1) is 0 Å². The van der Waals surface area contributed by atoms with Crippen LogP contribution >= 0.6 is 0 Å². The smallest absolute Gasteiger partial charge is 0.168 e. The van der Waals surface area contributed by atoms with Gasteiger partial charge in [-0.2, -0.15) is 0 Å². The molecule has 0 saturated heterocycles. The summed E-state index contributed by atoms with van der Waals surface area (Å²) in [7, 11) is 0. The first-order chi connectivity index (χ1) is 12.1. The molecule has 1 atom stereocenters. The summed E-state index contributed by atoms with van der Waals surface area (Å²) in [4.78, 5) is 23.5. The number of carboxylic acid groups (broad SMARTS) is 1. The number of ether oxygens (including phenoxy) is 1. The Balaban J connectivity index is 1.84. The fraction of sp³-hybridized carbons (Fsp3) is 0.300. The van der Waals surface area contributed by atoms with E-state index in [9.17, 15) is 14.7 Å². The van der Waals surface area contributed by atoms with Gasteiger partial charge >= 0.3 is 0 Å². The van der Waals surface area contributed by atoms with Crippen LogP contribution in [0.25, 0.3) is 0 Å². The number of carbonyl (C=O) groups is 2. The van der Waals surface area contributed by atoms with E-state index in [-0.39, 0.29) is 12.2 Å². The van der Waals surface area contributed by atoms with E-state index in [4.69, 9.17) is 4.74 Å². The van der Waals surface area contributed by atoms with Gasteiger partial charge < -0.3 is 20.0 Å². The molecule has 0 heterocycles. The fourth-order valence-electron chi connectivity index (χ4n) is 2.59. The van der Waals surface area contributed by atoms with Gasteiger partial charge in [-0.1, -0.05) is 30.3 Å². The zero-order chi connectivity index (χ0) is 18.1. The van der Waals surface area contributed by atoms with Gasteiger partial charge in [0.15, 0.2) is 5.78 Å². The van der Waals surface area contributed by atoms with Gasteiger partial charge in [0.05, 0.1) is 25.5 Å². The predicted molar refractivity (Wildman–Crippen MR) is 92.3 cm³/mol. The molecule has 0 radical (unpaired) electrons. The summed E-state index contributed by atoms with van der Waals surface area (Å²) in [6, 6.07) is 15.7. The minimum atomic E-state index is -1.11. The van der Waals surface area contributed by atoms with Crippen LogP contribution in [-0.4, -0.2) is 30.9 Å². The van der Waals surface area contributed by atoms with Crippen molar-refractivity contribution in [1.29, 1.82) is 0 Å². The first-order valence-corrected chi connectivity index (χ1v) is 8.44. The molecule has 0 amide bonds. The van der Waals surface area contributed by atoms with Crippen molar-refractivity contribution in [3.63, 3.8) is 0 Å². The Kier molecular flexibility index (Phi) is 7.16. The number of ketones is 1. The number of aliphatic carboxylic acids is 1. The topological polar surface area (TPSA) is 83.0 Å². The zero-order valence-corrected chi connectivity index (χ0v) is 14.3. The highest BCUT2D eigenvalue weighted by atomic mass is 16.5. The summed E-state index contributed by atoms with van der Waals surface area (Å²) < 4.78 is 5.35. The van der Waals surface area contributed by atoms with Crippen molar-refractivity contribution in [3.8, 4) is 5.75 Å². The SMILES string of the molecule is CCOc1ccc(C(=O)CC[NH2+][C@@H](Cc2ccccc2)C(=O)[O-])cc1. The Hall–Kier alpha value is -2.66. The van der Waals surface area contributed by atoms with Gasteiger partial charge in [0.2, 0.25) is 0 Å². The highest BCUT2D eigenvalue weighted by molar-refractivity contribution is 5.96. The lowest BCUT2D eigenvalue weighted by molar-refractivity contribution is -0.682. The number of hydrogen-bond acceptors (Lipinski definition) is 4. The summed E-state index contributed by atoms with van der Waals surface area (Å²) in [6.07, 6.45) is 0.646. The second kappa shape index (κ2) is 9.59. The van der Waals surface area contributed by atoms with Gasteiger partial charge in [-0.05, 0) is 36.8 Å². The Morgan fingerprint density at radius 1 is 1.08 bits per heavy atom. The van der Waals surface area contributed by atoms with Crippen LogP contribution in [0.15, 0.2) is 54.6 Å². The van der Waals surface area contributed by atoms with Gasteiger partial charge in [0.25, 0.3) is 0 Å². The van der Waals surface area contributed by atoms with Crippen LogP contribution in [0.1, 0.15) is 29.3 Å². The highest BCUT2D eigenvalue weighted by Gasteiger charge is 2.15. The molecule has 132 valence electrons. The summed E-state index contributed by atoms with van der Waals surface area (Å²) in [5.41, 5.74) is 1.54. The number of hydrogen-bond donors (Lipinski definition) is 1. The first kappa shape index (κ1) is 18.7. The van der Waals surface area contributed by atoms with Gasteiger partial charge in [-0.25, -0.2) is 0 Å². The lowest BCUT2D eigenvalue weighted by Gasteiger charge is -2.16. The van der Waals surface area contributed by atoms with Crippen molar-refractivity contribution in [2.75, 3.05) is 13.2 Å². The monoisotopic (exact) mass is 341 g/mol. The van der Waals surface area contributed by atoms with Gasteiger partial charge in [-0.3, -0.25) is 4.79 Å². The fourth-order valence-corrected chi connectivity index (χ4v) is 2.59. The number of rotatable bonds is 10. The molecule has 0 saturated carbocycles. The molecule has 5 heteroatoms. The summed E-state index contributed by atoms with van der Waals surface area (Å²) >= 11 is 0. The molecule has 0 aliphatic heterocycles. The average Bonchev–Trinajstić information content (AvgIpc) is 2.62. The van der Waals surface area contributed by atoms with E-state index < -0.39 is 12.0 Å². The highest BCUT2D eigenvalue weighted by Crippen LogP contribution is 2.13. The first-order valence-electron chi connectivity index (χ1n) is 8.44. The van der Waals surface area contributed by atoms with Crippen molar-refractivity contribution in [2.45, 2.75) is 25.8 Å². The molecule has 0 fully saturated rings.